The Balaban J connectivity index is 0.000000271. The van der Waals surface area contributed by atoms with Gasteiger partial charge in [0, 0.05) is 31.4 Å². The first-order chi connectivity index (χ1) is 16.8. The van der Waals surface area contributed by atoms with Crippen LogP contribution >= 0.6 is 0 Å². The summed E-state index contributed by atoms with van der Waals surface area (Å²) < 4.78 is 65.5. The fourth-order valence-corrected chi connectivity index (χ4v) is 3.32. The quantitative estimate of drug-likeness (QED) is 0.443. The van der Waals surface area contributed by atoms with Crippen molar-refractivity contribution >= 4 is 23.0 Å². The number of carbonyl (C=O) groups is 2. The van der Waals surface area contributed by atoms with Gasteiger partial charge in [0.15, 0.2) is 0 Å². The molecule has 36 heavy (non-hydrogen) atoms. The number of aromatic nitrogens is 4. The van der Waals surface area contributed by atoms with Crippen LogP contribution in [-0.4, -0.2) is 78.8 Å². The molecule has 1 aliphatic rings. The van der Waals surface area contributed by atoms with Crippen LogP contribution < -0.4 is 0 Å². The third-order valence-corrected chi connectivity index (χ3v) is 4.99. The van der Waals surface area contributed by atoms with Gasteiger partial charge in [-0.25, -0.2) is 14.6 Å². The highest BCUT2D eigenvalue weighted by atomic mass is 19.4. The molecule has 1 fully saturated rings. The summed E-state index contributed by atoms with van der Waals surface area (Å²) in [4.78, 5) is 28.6. The van der Waals surface area contributed by atoms with E-state index in [4.69, 9.17) is 24.8 Å². The number of carboxylic acids is 2. The fraction of sp³-hybridized carbons (Fsp3) is 0.429. The Labute approximate surface area is 200 Å². The van der Waals surface area contributed by atoms with Crippen LogP contribution in [0.5, 0.6) is 0 Å². The van der Waals surface area contributed by atoms with Gasteiger partial charge >= 0.3 is 24.3 Å². The third kappa shape index (κ3) is 9.20. The molecule has 198 valence electrons. The summed E-state index contributed by atoms with van der Waals surface area (Å²) in [6.07, 6.45) is -3.84. The Morgan fingerprint density at radius 2 is 1.61 bits per heavy atom. The molecular weight excluding hydrogens is 500 g/mol. The van der Waals surface area contributed by atoms with Gasteiger partial charge in [-0.1, -0.05) is 12.1 Å². The van der Waals surface area contributed by atoms with Gasteiger partial charge in [0.25, 0.3) is 0 Å². The van der Waals surface area contributed by atoms with Gasteiger partial charge in [-0.05, 0) is 37.6 Å². The number of nitrogens with one attached hydrogen (secondary N) is 1. The van der Waals surface area contributed by atoms with Crippen molar-refractivity contribution in [2.45, 2.75) is 37.7 Å². The maximum atomic E-state index is 10.6. The molecule has 3 aromatic rings. The summed E-state index contributed by atoms with van der Waals surface area (Å²) in [6.45, 7) is 4.28. The van der Waals surface area contributed by atoms with Crippen LogP contribution in [0.3, 0.4) is 0 Å². The Morgan fingerprint density at radius 1 is 1.00 bits per heavy atom. The zero-order chi connectivity index (χ0) is 26.9. The molecular formula is C21H23F6N5O4. The first kappa shape index (κ1) is 28.6. The number of hydrogen-bond donors (Lipinski definition) is 3. The highest BCUT2D eigenvalue weighted by molar-refractivity contribution is 5.75. The van der Waals surface area contributed by atoms with E-state index in [2.05, 4.69) is 33.2 Å². The number of alkyl halides is 6. The topological polar surface area (TPSA) is 124 Å². The molecule has 0 bridgehead atoms. The zero-order valence-corrected chi connectivity index (χ0v) is 18.6. The monoisotopic (exact) mass is 523 g/mol. The second-order valence-corrected chi connectivity index (χ2v) is 7.65. The van der Waals surface area contributed by atoms with Crippen molar-refractivity contribution < 1.29 is 46.1 Å². The predicted octanol–water partition coefficient (Wildman–Crippen LogP) is 3.91. The molecule has 0 aliphatic carbocycles. The minimum absolute atomic E-state index is 0.513. The molecule has 9 nitrogen and oxygen atoms in total. The van der Waals surface area contributed by atoms with Crippen molar-refractivity contribution in [1.82, 2.24) is 24.6 Å². The number of likely N-dealkylation sites (tertiary alicyclic amines) is 1. The van der Waals surface area contributed by atoms with Crippen LogP contribution in [0.1, 0.15) is 24.6 Å². The van der Waals surface area contributed by atoms with Crippen molar-refractivity contribution in [3.63, 3.8) is 0 Å². The second-order valence-electron chi connectivity index (χ2n) is 7.65. The van der Waals surface area contributed by atoms with Crippen LogP contribution in [0, 0.1) is 0 Å². The number of aromatic amines is 1. The Kier molecular flexibility index (Phi) is 9.84. The first-order valence-corrected chi connectivity index (χ1v) is 10.5. The van der Waals surface area contributed by atoms with Crippen LogP contribution in [-0.2, 0) is 16.1 Å². The zero-order valence-electron chi connectivity index (χ0n) is 18.6. The molecule has 1 aliphatic heterocycles. The average molecular weight is 523 g/mol. The van der Waals surface area contributed by atoms with Gasteiger partial charge in [-0.3, -0.25) is 4.68 Å². The minimum Gasteiger partial charge on any atom is -0.475 e. The SMILES string of the molecule is O=C(O)C(F)(F)F.O=C(O)C(F)(F)F.c1ccc2[nH]c(C3CCCN(CCn4cccn4)C3)nc2c1. The highest BCUT2D eigenvalue weighted by Gasteiger charge is 2.38. The number of benzene rings is 1. The largest absolute Gasteiger partial charge is 0.490 e. The molecule has 0 spiro atoms. The van der Waals surface area contributed by atoms with Crippen molar-refractivity contribution in [2.75, 3.05) is 19.6 Å². The summed E-state index contributed by atoms with van der Waals surface area (Å²) in [7, 11) is 0. The van der Waals surface area contributed by atoms with Crippen LogP contribution in [0.15, 0.2) is 42.7 Å². The van der Waals surface area contributed by atoms with Gasteiger partial charge in [-0.15, -0.1) is 0 Å². The molecule has 2 aromatic heterocycles. The number of rotatable bonds is 4. The summed E-state index contributed by atoms with van der Waals surface area (Å²) in [5.41, 5.74) is 2.22. The number of aliphatic carboxylic acids is 2. The lowest BCUT2D eigenvalue weighted by Crippen LogP contribution is -2.36. The van der Waals surface area contributed by atoms with Gasteiger partial charge < -0.3 is 20.1 Å². The number of carboxylic acid groups (broad SMARTS) is 2. The Hall–Kier alpha value is -3.62. The predicted molar refractivity (Wildman–Crippen MR) is 114 cm³/mol. The van der Waals surface area contributed by atoms with E-state index in [9.17, 15) is 26.3 Å². The van der Waals surface area contributed by atoms with E-state index in [0.29, 0.717) is 5.92 Å². The van der Waals surface area contributed by atoms with Gasteiger partial charge in [0.1, 0.15) is 5.82 Å². The molecule has 15 heteroatoms. The number of halogens is 6. The van der Waals surface area contributed by atoms with Crippen LogP contribution in [0.4, 0.5) is 26.3 Å². The van der Waals surface area contributed by atoms with E-state index in [1.807, 2.05) is 29.2 Å². The van der Waals surface area contributed by atoms with Gasteiger partial charge in [0.2, 0.25) is 0 Å². The van der Waals surface area contributed by atoms with Crippen LogP contribution in [0.2, 0.25) is 0 Å². The number of H-pyrrole nitrogens is 1. The molecule has 0 amide bonds. The smallest absolute Gasteiger partial charge is 0.475 e. The number of hydrogen-bond acceptors (Lipinski definition) is 5. The number of fused-ring (bicyclic) bond motifs is 1. The molecule has 0 saturated carbocycles. The summed E-state index contributed by atoms with van der Waals surface area (Å²) in [5.74, 6) is -3.86. The molecule has 1 saturated heterocycles. The van der Waals surface area contributed by atoms with Gasteiger partial charge in [-0.2, -0.15) is 31.4 Å². The van der Waals surface area contributed by atoms with E-state index in [0.717, 1.165) is 36.5 Å². The normalized spacial score (nSPS) is 16.4. The van der Waals surface area contributed by atoms with E-state index in [1.54, 1.807) is 0 Å². The number of para-hydroxylation sites is 2. The van der Waals surface area contributed by atoms with Crippen molar-refractivity contribution in [1.29, 1.82) is 0 Å². The number of imidazole rings is 1. The molecule has 1 atom stereocenters. The molecule has 3 heterocycles. The third-order valence-electron chi connectivity index (χ3n) is 4.99. The standard InChI is InChI=1S/C17H21N5.2C2HF3O2/c1-2-7-16-15(6-1)19-17(20-16)14-5-3-9-21(13-14)11-12-22-10-4-8-18-22;2*3-2(4,5)1(6)7/h1-2,4,6-8,10,14H,3,5,9,11-13H2,(H,19,20);2*(H,6,7). The van der Waals surface area contributed by atoms with Crippen molar-refractivity contribution in [2.24, 2.45) is 0 Å². The Morgan fingerprint density at radius 3 is 2.14 bits per heavy atom. The summed E-state index contributed by atoms with van der Waals surface area (Å²) in [5, 5.41) is 18.5. The fourth-order valence-electron chi connectivity index (χ4n) is 3.32. The van der Waals surface area contributed by atoms with E-state index >= 15 is 0 Å². The maximum Gasteiger partial charge on any atom is 0.490 e. The Bertz CT molecular complexity index is 1060. The molecule has 1 aromatic carbocycles. The van der Waals surface area contributed by atoms with E-state index in [-0.39, 0.29) is 0 Å². The van der Waals surface area contributed by atoms with Crippen LogP contribution in [0.25, 0.3) is 11.0 Å². The lowest BCUT2D eigenvalue weighted by atomic mass is 9.97. The molecule has 3 N–H and O–H groups in total. The molecule has 1 unspecified atom stereocenters. The summed E-state index contributed by atoms with van der Waals surface area (Å²) in [6, 6.07) is 10.3. The second kappa shape index (κ2) is 12.4. The van der Waals surface area contributed by atoms with Crippen molar-refractivity contribution in [3.05, 3.63) is 48.5 Å². The van der Waals surface area contributed by atoms with Gasteiger partial charge in [0.05, 0.1) is 17.6 Å². The maximum absolute atomic E-state index is 10.6. The van der Waals surface area contributed by atoms with E-state index in [1.165, 1.54) is 19.4 Å². The van der Waals surface area contributed by atoms with E-state index < -0.39 is 24.3 Å². The molecule has 0 radical (unpaired) electrons. The minimum atomic E-state index is -5.08. The highest BCUT2D eigenvalue weighted by Crippen LogP contribution is 2.26. The average Bonchev–Trinajstić information content (AvgIpc) is 3.47. The number of nitrogens with zero attached hydrogens (tertiary/aromatic N) is 4. The lowest BCUT2D eigenvalue weighted by molar-refractivity contribution is -0.193. The van der Waals surface area contributed by atoms with Crippen molar-refractivity contribution in [3.8, 4) is 0 Å². The lowest BCUT2D eigenvalue weighted by Gasteiger charge is -2.31. The molecule has 4 rings (SSSR count). The summed E-state index contributed by atoms with van der Waals surface area (Å²) >= 11 is 0. The first-order valence-electron chi connectivity index (χ1n) is 10.5. The number of piperidine rings is 1.